The number of carbonyl (C=O) groups is 1. The number of fused-ring (bicyclic) bond motifs is 1. The zero-order chi connectivity index (χ0) is 16.5. The van der Waals surface area contributed by atoms with Gasteiger partial charge >= 0.3 is 0 Å². The minimum Gasteiger partial charge on any atom is -0.337 e. The average molecular weight is 327 g/mol. The van der Waals surface area contributed by atoms with Gasteiger partial charge < -0.3 is 4.90 Å². The summed E-state index contributed by atoms with van der Waals surface area (Å²) in [5.74, 6) is -0.195. The summed E-state index contributed by atoms with van der Waals surface area (Å²) in [4.78, 5) is 15.0. The number of benzene rings is 1. The van der Waals surface area contributed by atoms with E-state index in [0.29, 0.717) is 5.69 Å². The Labute approximate surface area is 141 Å². The lowest BCUT2D eigenvalue weighted by Gasteiger charge is -2.19. The predicted octanol–water partition coefficient (Wildman–Crippen LogP) is 3.52. The van der Waals surface area contributed by atoms with Gasteiger partial charge in [-0.3, -0.25) is 4.79 Å². The van der Waals surface area contributed by atoms with Gasteiger partial charge in [0.2, 0.25) is 0 Å². The van der Waals surface area contributed by atoms with E-state index in [9.17, 15) is 9.18 Å². The number of carbonyl (C=O) groups excluding carboxylic acids is 1. The molecule has 1 aliphatic carbocycles. The van der Waals surface area contributed by atoms with Crippen LogP contribution in [0.4, 0.5) is 4.39 Å². The van der Waals surface area contributed by atoms with Crippen molar-refractivity contribution >= 4 is 5.91 Å². The Balaban J connectivity index is 1.70. The summed E-state index contributed by atoms with van der Waals surface area (Å²) < 4.78 is 15.0. The zero-order valence-corrected chi connectivity index (χ0v) is 13.8. The minimum absolute atomic E-state index is 0.0657. The summed E-state index contributed by atoms with van der Waals surface area (Å²) in [6.07, 6.45) is 7.43. The molecule has 1 aliphatic heterocycles. The van der Waals surface area contributed by atoms with Gasteiger partial charge in [0, 0.05) is 24.3 Å². The Kier molecular flexibility index (Phi) is 4.08. The monoisotopic (exact) mass is 327 g/mol. The Hall–Kier alpha value is -2.17. The van der Waals surface area contributed by atoms with Crippen molar-refractivity contribution in [3.63, 3.8) is 0 Å². The maximum absolute atomic E-state index is 13.2. The maximum atomic E-state index is 13.2. The zero-order valence-electron chi connectivity index (χ0n) is 13.8. The highest BCUT2D eigenvalue weighted by molar-refractivity contribution is 5.94. The molecule has 0 bridgehead atoms. The third kappa shape index (κ3) is 2.72. The van der Waals surface area contributed by atoms with E-state index in [4.69, 9.17) is 0 Å². The Bertz CT molecular complexity index is 743. The minimum atomic E-state index is -0.261. The van der Waals surface area contributed by atoms with E-state index in [0.717, 1.165) is 62.1 Å². The first kappa shape index (κ1) is 15.4. The van der Waals surface area contributed by atoms with Crippen LogP contribution in [0.25, 0.3) is 5.69 Å². The van der Waals surface area contributed by atoms with Crippen molar-refractivity contribution < 1.29 is 9.18 Å². The van der Waals surface area contributed by atoms with Crippen LogP contribution in [-0.4, -0.2) is 33.7 Å². The smallest absolute Gasteiger partial charge is 0.274 e. The van der Waals surface area contributed by atoms with Crippen molar-refractivity contribution in [2.24, 2.45) is 0 Å². The predicted molar refractivity (Wildman–Crippen MR) is 89.9 cm³/mol. The van der Waals surface area contributed by atoms with Gasteiger partial charge in [0.1, 0.15) is 5.82 Å². The number of halogens is 1. The molecular formula is C19H22FN3O. The number of hydrogen-bond acceptors (Lipinski definition) is 2. The number of likely N-dealkylation sites (tertiary alicyclic amines) is 1. The van der Waals surface area contributed by atoms with E-state index in [2.05, 4.69) is 5.10 Å². The Morgan fingerprint density at radius 1 is 0.958 bits per heavy atom. The van der Waals surface area contributed by atoms with Gasteiger partial charge in [0.15, 0.2) is 5.69 Å². The molecular weight excluding hydrogens is 305 g/mol. The molecule has 5 heteroatoms. The van der Waals surface area contributed by atoms with E-state index >= 15 is 0 Å². The number of rotatable bonds is 2. The molecule has 0 saturated carbocycles. The second kappa shape index (κ2) is 6.38. The molecule has 2 aliphatic rings. The topological polar surface area (TPSA) is 38.1 Å². The van der Waals surface area contributed by atoms with Crippen molar-refractivity contribution in [3.8, 4) is 5.69 Å². The van der Waals surface area contributed by atoms with Crippen LogP contribution >= 0.6 is 0 Å². The summed E-state index contributed by atoms with van der Waals surface area (Å²) in [6, 6.07) is 6.32. The Morgan fingerprint density at radius 2 is 1.67 bits per heavy atom. The van der Waals surface area contributed by atoms with Crippen molar-refractivity contribution in [2.75, 3.05) is 13.1 Å². The second-order valence-corrected chi connectivity index (χ2v) is 6.72. The molecule has 4 nitrogen and oxygen atoms in total. The van der Waals surface area contributed by atoms with Crippen LogP contribution in [0, 0.1) is 5.82 Å². The molecule has 24 heavy (non-hydrogen) atoms. The lowest BCUT2D eigenvalue weighted by molar-refractivity contribution is 0.0754. The van der Waals surface area contributed by atoms with E-state index in [-0.39, 0.29) is 11.7 Å². The van der Waals surface area contributed by atoms with Gasteiger partial charge in [-0.15, -0.1) is 0 Å². The highest BCUT2D eigenvalue weighted by Gasteiger charge is 2.29. The SMILES string of the molecule is O=C(c1nn(-c2ccc(F)cc2)c2c1CCC2)N1CCCCCC1. The molecule has 0 N–H and O–H groups in total. The van der Waals surface area contributed by atoms with Crippen molar-refractivity contribution in [2.45, 2.75) is 44.9 Å². The van der Waals surface area contributed by atoms with Crippen LogP contribution in [0.3, 0.4) is 0 Å². The molecule has 2 heterocycles. The molecule has 0 spiro atoms. The van der Waals surface area contributed by atoms with Crippen molar-refractivity contribution in [1.82, 2.24) is 14.7 Å². The van der Waals surface area contributed by atoms with Crippen LogP contribution in [0.5, 0.6) is 0 Å². The number of amides is 1. The molecule has 1 aromatic carbocycles. The van der Waals surface area contributed by atoms with Gasteiger partial charge in [0.25, 0.3) is 5.91 Å². The number of aromatic nitrogens is 2. The molecule has 0 unspecified atom stereocenters. The van der Waals surface area contributed by atoms with E-state index in [1.54, 1.807) is 12.1 Å². The molecule has 1 saturated heterocycles. The molecule has 1 fully saturated rings. The molecule has 0 radical (unpaired) electrons. The lowest BCUT2D eigenvalue weighted by Crippen LogP contribution is -2.32. The quantitative estimate of drug-likeness (QED) is 0.846. The molecule has 4 rings (SSSR count). The molecule has 0 atom stereocenters. The molecule has 1 amide bonds. The van der Waals surface area contributed by atoms with Crippen LogP contribution in [-0.2, 0) is 12.8 Å². The maximum Gasteiger partial charge on any atom is 0.274 e. The first-order valence-electron chi connectivity index (χ1n) is 8.90. The second-order valence-electron chi connectivity index (χ2n) is 6.72. The highest BCUT2D eigenvalue weighted by atomic mass is 19.1. The largest absolute Gasteiger partial charge is 0.337 e. The van der Waals surface area contributed by atoms with Gasteiger partial charge in [-0.05, 0) is 56.4 Å². The van der Waals surface area contributed by atoms with Crippen molar-refractivity contribution in [1.29, 1.82) is 0 Å². The highest BCUT2D eigenvalue weighted by Crippen LogP contribution is 2.29. The lowest BCUT2D eigenvalue weighted by atomic mass is 10.2. The normalized spacial score (nSPS) is 17.6. The number of nitrogens with zero attached hydrogens (tertiary/aromatic N) is 3. The van der Waals surface area contributed by atoms with Gasteiger partial charge in [-0.25, -0.2) is 9.07 Å². The standard InChI is InChI=1S/C19H22FN3O/c20-14-8-10-15(11-9-14)23-17-7-5-6-16(17)18(21-23)19(24)22-12-3-1-2-4-13-22/h8-11H,1-7,12-13H2. The first-order valence-corrected chi connectivity index (χ1v) is 8.90. The Morgan fingerprint density at radius 3 is 2.38 bits per heavy atom. The van der Waals surface area contributed by atoms with Gasteiger partial charge in [0.05, 0.1) is 5.69 Å². The van der Waals surface area contributed by atoms with E-state index in [1.165, 1.54) is 25.0 Å². The van der Waals surface area contributed by atoms with Crippen LogP contribution < -0.4 is 0 Å². The first-order chi connectivity index (χ1) is 11.7. The third-order valence-electron chi connectivity index (χ3n) is 5.10. The molecule has 126 valence electrons. The fourth-order valence-corrected chi connectivity index (χ4v) is 3.83. The number of hydrogen-bond donors (Lipinski definition) is 0. The molecule has 2 aromatic rings. The van der Waals surface area contributed by atoms with E-state index < -0.39 is 0 Å². The fourth-order valence-electron chi connectivity index (χ4n) is 3.83. The van der Waals surface area contributed by atoms with E-state index in [1.807, 2.05) is 9.58 Å². The fraction of sp³-hybridized carbons (Fsp3) is 0.474. The summed E-state index contributed by atoms with van der Waals surface area (Å²) >= 11 is 0. The van der Waals surface area contributed by atoms with Crippen LogP contribution in [0.2, 0.25) is 0 Å². The summed E-state index contributed by atoms with van der Waals surface area (Å²) in [7, 11) is 0. The van der Waals surface area contributed by atoms with Gasteiger partial charge in [-0.2, -0.15) is 5.10 Å². The molecule has 1 aromatic heterocycles. The third-order valence-corrected chi connectivity index (χ3v) is 5.10. The average Bonchev–Trinajstić information content (AvgIpc) is 3.08. The summed E-state index contributed by atoms with van der Waals surface area (Å²) in [5, 5.41) is 4.64. The van der Waals surface area contributed by atoms with Crippen molar-refractivity contribution in [3.05, 3.63) is 47.0 Å². The van der Waals surface area contributed by atoms with Gasteiger partial charge in [-0.1, -0.05) is 12.8 Å². The summed E-state index contributed by atoms with van der Waals surface area (Å²) in [6.45, 7) is 1.66. The van der Waals surface area contributed by atoms with Crippen LogP contribution in [0.1, 0.15) is 53.8 Å². The van der Waals surface area contributed by atoms with Crippen LogP contribution in [0.15, 0.2) is 24.3 Å². The summed E-state index contributed by atoms with van der Waals surface area (Å²) in [5.41, 5.74) is 3.63.